The van der Waals surface area contributed by atoms with E-state index in [1.807, 2.05) is 0 Å². The number of aromatic carboxylic acids is 1. The third-order valence-electron chi connectivity index (χ3n) is 3.48. The van der Waals surface area contributed by atoms with Crippen LogP contribution in [0.4, 0.5) is 5.69 Å². The van der Waals surface area contributed by atoms with E-state index in [1.165, 1.54) is 18.3 Å². The van der Waals surface area contributed by atoms with E-state index in [4.69, 9.17) is 10.9 Å². The predicted molar refractivity (Wildman–Crippen MR) is 94.6 cm³/mol. The molecule has 0 atom stereocenters. The second-order valence-electron chi connectivity index (χ2n) is 5.08. The molecule has 4 N–H and O–H groups in total. The van der Waals surface area contributed by atoms with E-state index in [1.54, 1.807) is 36.5 Å². The summed E-state index contributed by atoms with van der Waals surface area (Å²) in [6, 6.07) is 11.1. The van der Waals surface area contributed by atoms with Crippen LogP contribution in [0.1, 0.15) is 15.9 Å². The first-order valence-corrected chi connectivity index (χ1v) is 7.22. The average Bonchev–Trinajstić information content (AvgIpc) is 2.62. The Bertz CT molecular complexity index is 1050. The molecule has 0 saturated heterocycles. The summed E-state index contributed by atoms with van der Waals surface area (Å²) in [5.74, 6) is 4.38. The minimum absolute atomic E-state index is 0.158. The number of H-pyrrole nitrogens is 1. The summed E-state index contributed by atoms with van der Waals surface area (Å²) >= 11 is 0. The maximum atomic E-state index is 12.2. The van der Waals surface area contributed by atoms with Crippen molar-refractivity contribution in [3.63, 3.8) is 0 Å². The molecule has 124 valence electrons. The molecule has 0 aliphatic heterocycles. The minimum atomic E-state index is -1.02. The number of aromatic nitrogens is 2. The fourth-order valence-electron chi connectivity index (χ4n) is 2.22. The van der Waals surface area contributed by atoms with Crippen LogP contribution in [0.5, 0.6) is 0 Å². The summed E-state index contributed by atoms with van der Waals surface area (Å²) in [4.78, 5) is 34.0. The van der Waals surface area contributed by atoms with Gasteiger partial charge in [0.05, 0.1) is 23.0 Å². The Balaban J connectivity index is 1.94. The standard InChI is InChI=1S/C17H13N5O3/c18-22-14(9-20-12-5-3-10(4-6-12)17(24)25)13-8-11-2-1-7-19-15(11)21-16(13)23/h1-9H,18H2,(H,24,25)(H,19,21,23). The van der Waals surface area contributed by atoms with Crippen LogP contribution in [0.25, 0.3) is 11.0 Å². The van der Waals surface area contributed by atoms with Crippen molar-refractivity contribution >= 4 is 34.6 Å². The minimum Gasteiger partial charge on any atom is -0.478 e. The molecule has 0 bridgehead atoms. The molecular weight excluding hydrogens is 322 g/mol. The molecule has 0 unspecified atom stereocenters. The Labute approximate surface area is 141 Å². The molecular formula is C17H13N5O3. The van der Waals surface area contributed by atoms with E-state index in [0.717, 1.165) is 5.39 Å². The van der Waals surface area contributed by atoms with Gasteiger partial charge < -0.3 is 15.9 Å². The van der Waals surface area contributed by atoms with Crippen molar-refractivity contribution in [2.24, 2.45) is 15.9 Å². The molecule has 3 aromatic rings. The second kappa shape index (κ2) is 6.75. The van der Waals surface area contributed by atoms with Crippen LogP contribution in [0.3, 0.4) is 0 Å². The monoisotopic (exact) mass is 335 g/mol. The van der Waals surface area contributed by atoms with Crippen molar-refractivity contribution in [2.75, 3.05) is 0 Å². The molecule has 0 aliphatic carbocycles. The number of rotatable bonds is 4. The maximum absolute atomic E-state index is 12.2. The molecule has 25 heavy (non-hydrogen) atoms. The van der Waals surface area contributed by atoms with E-state index in [0.29, 0.717) is 11.3 Å². The fraction of sp³-hybridized carbons (Fsp3) is 0. The number of hydrogen-bond donors (Lipinski definition) is 3. The number of carboxylic acids is 1. The van der Waals surface area contributed by atoms with Crippen molar-refractivity contribution in [1.29, 1.82) is 0 Å². The fourth-order valence-corrected chi connectivity index (χ4v) is 2.22. The summed E-state index contributed by atoms with van der Waals surface area (Å²) in [7, 11) is 0. The number of aliphatic imine (C=N–C) groups is 1. The lowest BCUT2D eigenvalue weighted by atomic mass is 10.1. The SMILES string of the molecule is NN=C(C=Nc1ccc(C(=O)O)cc1)c1cc2cccnc2[nH]c1=O. The smallest absolute Gasteiger partial charge is 0.335 e. The summed E-state index contributed by atoms with van der Waals surface area (Å²) in [6.45, 7) is 0. The van der Waals surface area contributed by atoms with Crippen molar-refractivity contribution in [2.45, 2.75) is 0 Å². The number of aromatic amines is 1. The number of nitrogens with two attached hydrogens (primary N) is 1. The first kappa shape index (κ1) is 16.1. The first-order chi connectivity index (χ1) is 12.1. The van der Waals surface area contributed by atoms with Gasteiger partial charge >= 0.3 is 5.97 Å². The number of nitrogens with zero attached hydrogens (tertiary/aromatic N) is 3. The molecule has 8 nitrogen and oxygen atoms in total. The van der Waals surface area contributed by atoms with Crippen LogP contribution in [-0.2, 0) is 0 Å². The van der Waals surface area contributed by atoms with Gasteiger partial charge in [-0.1, -0.05) is 0 Å². The zero-order valence-electron chi connectivity index (χ0n) is 12.9. The lowest BCUT2D eigenvalue weighted by molar-refractivity contribution is 0.0697. The van der Waals surface area contributed by atoms with Crippen LogP contribution >= 0.6 is 0 Å². The number of carbonyl (C=O) groups is 1. The number of hydrazone groups is 1. The number of benzene rings is 1. The van der Waals surface area contributed by atoms with Crippen LogP contribution in [0.2, 0.25) is 0 Å². The Morgan fingerprint density at radius 2 is 2.00 bits per heavy atom. The van der Waals surface area contributed by atoms with Crippen LogP contribution in [-0.4, -0.2) is 33.0 Å². The highest BCUT2D eigenvalue weighted by Crippen LogP contribution is 2.13. The van der Waals surface area contributed by atoms with Gasteiger partial charge in [0.1, 0.15) is 11.4 Å². The normalized spacial score (nSPS) is 11.9. The highest BCUT2D eigenvalue weighted by atomic mass is 16.4. The van der Waals surface area contributed by atoms with Gasteiger partial charge in [0.25, 0.3) is 5.56 Å². The zero-order chi connectivity index (χ0) is 17.8. The topological polar surface area (TPSA) is 134 Å². The largest absolute Gasteiger partial charge is 0.478 e. The van der Waals surface area contributed by atoms with Gasteiger partial charge in [-0.2, -0.15) is 5.10 Å². The van der Waals surface area contributed by atoms with Gasteiger partial charge in [0.2, 0.25) is 0 Å². The number of pyridine rings is 2. The van der Waals surface area contributed by atoms with Crippen LogP contribution in [0.15, 0.2) is 63.5 Å². The number of fused-ring (bicyclic) bond motifs is 1. The Hall–Kier alpha value is -3.81. The van der Waals surface area contributed by atoms with Gasteiger partial charge in [0, 0.05) is 11.6 Å². The second-order valence-corrected chi connectivity index (χ2v) is 5.08. The molecule has 8 heteroatoms. The van der Waals surface area contributed by atoms with Crippen molar-refractivity contribution < 1.29 is 9.90 Å². The third kappa shape index (κ3) is 3.42. The summed E-state index contributed by atoms with van der Waals surface area (Å²) in [5.41, 5.74) is 1.19. The molecule has 0 saturated carbocycles. The van der Waals surface area contributed by atoms with Crippen LogP contribution < -0.4 is 11.4 Å². The molecule has 0 spiro atoms. The molecule has 2 aromatic heterocycles. The molecule has 0 amide bonds. The molecule has 2 heterocycles. The summed E-state index contributed by atoms with van der Waals surface area (Å²) in [5, 5.41) is 13.2. The van der Waals surface area contributed by atoms with Gasteiger partial charge in [-0.25, -0.2) is 9.78 Å². The number of carboxylic acid groups (broad SMARTS) is 1. The number of nitrogens with one attached hydrogen (secondary N) is 1. The van der Waals surface area contributed by atoms with E-state index < -0.39 is 5.97 Å². The third-order valence-corrected chi connectivity index (χ3v) is 3.48. The zero-order valence-corrected chi connectivity index (χ0v) is 12.9. The first-order valence-electron chi connectivity index (χ1n) is 7.22. The predicted octanol–water partition coefficient (Wildman–Crippen LogP) is 1.69. The van der Waals surface area contributed by atoms with Crippen LogP contribution in [0, 0.1) is 0 Å². The quantitative estimate of drug-likeness (QED) is 0.379. The molecule has 1 aromatic carbocycles. The van der Waals surface area contributed by atoms with Crippen molar-refractivity contribution in [1.82, 2.24) is 9.97 Å². The average molecular weight is 335 g/mol. The number of hydrogen-bond acceptors (Lipinski definition) is 6. The van der Waals surface area contributed by atoms with Crippen molar-refractivity contribution in [3.05, 3.63) is 70.1 Å². The molecule has 0 fully saturated rings. The highest BCUT2D eigenvalue weighted by molar-refractivity contribution is 6.38. The molecule has 3 rings (SSSR count). The van der Waals surface area contributed by atoms with E-state index >= 15 is 0 Å². The van der Waals surface area contributed by atoms with Gasteiger partial charge in [0.15, 0.2) is 0 Å². The van der Waals surface area contributed by atoms with Gasteiger partial charge in [-0.15, -0.1) is 0 Å². The van der Waals surface area contributed by atoms with E-state index in [-0.39, 0.29) is 22.4 Å². The lowest BCUT2D eigenvalue weighted by Gasteiger charge is -2.02. The van der Waals surface area contributed by atoms with Gasteiger partial charge in [-0.05, 0) is 42.5 Å². The Morgan fingerprint density at radius 3 is 2.68 bits per heavy atom. The highest BCUT2D eigenvalue weighted by Gasteiger charge is 2.09. The Morgan fingerprint density at radius 1 is 1.24 bits per heavy atom. The summed E-state index contributed by atoms with van der Waals surface area (Å²) in [6.07, 6.45) is 2.93. The lowest BCUT2D eigenvalue weighted by Crippen LogP contribution is -2.20. The van der Waals surface area contributed by atoms with E-state index in [9.17, 15) is 9.59 Å². The summed E-state index contributed by atoms with van der Waals surface area (Å²) < 4.78 is 0. The Kier molecular flexibility index (Phi) is 4.34. The van der Waals surface area contributed by atoms with E-state index in [2.05, 4.69) is 20.1 Å². The van der Waals surface area contributed by atoms with Gasteiger partial charge in [-0.3, -0.25) is 9.79 Å². The maximum Gasteiger partial charge on any atom is 0.335 e. The van der Waals surface area contributed by atoms with Crippen molar-refractivity contribution in [3.8, 4) is 0 Å². The molecule has 0 radical (unpaired) electrons. The molecule has 0 aliphatic rings.